The molecule has 3 aliphatic rings. The van der Waals surface area contributed by atoms with Crippen LogP contribution in [0, 0.1) is 17.2 Å². The number of carbonyl (C=O) groups is 3. The predicted octanol–water partition coefficient (Wildman–Crippen LogP) is 4.39. The Morgan fingerprint density at radius 1 is 1.05 bits per heavy atom. The molecule has 1 aromatic heterocycles. The van der Waals surface area contributed by atoms with Crippen LogP contribution in [0.3, 0.4) is 0 Å². The van der Waals surface area contributed by atoms with Gasteiger partial charge in [0.15, 0.2) is 11.6 Å². The van der Waals surface area contributed by atoms with Crippen molar-refractivity contribution in [3.63, 3.8) is 0 Å². The van der Waals surface area contributed by atoms with Gasteiger partial charge in [0, 0.05) is 31.5 Å². The van der Waals surface area contributed by atoms with Crippen molar-refractivity contribution in [3.05, 3.63) is 70.8 Å². The Bertz CT molecular complexity index is 1470. The molecule has 196 valence electrons. The summed E-state index contributed by atoms with van der Waals surface area (Å²) in [5, 5.41) is 0. The second kappa shape index (κ2) is 8.89. The lowest BCUT2D eigenvalue weighted by Gasteiger charge is -2.38. The topological polar surface area (TPSA) is 86.4 Å². The van der Waals surface area contributed by atoms with Crippen LogP contribution in [0.25, 0.3) is 17.1 Å². The number of Topliss-reactive ketones (excluding diaryl/α,β-unsaturated/α-hetero) is 1. The minimum atomic E-state index is -0.511. The number of allylic oxidation sites excluding steroid dienone is 1. The number of aromatic nitrogens is 2. The minimum Gasteiger partial charge on any atom is -0.336 e. The van der Waals surface area contributed by atoms with Gasteiger partial charge in [0.05, 0.1) is 29.0 Å². The van der Waals surface area contributed by atoms with Gasteiger partial charge in [-0.2, -0.15) is 0 Å². The van der Waals surface area contributed by atoms with Gasteiger partial charge in [-0.1, -0.05) is 45.0 Å². The van der Waals surface area contributed by atoms with Crippen LogP contribution in [0.2, 0.25) is 0 Å². The summed E-state index contributed by atoms with van der Waals surface area (Å²) in [6.07, 6.45) is 2.82. The summed E-state index contributed by atoms with van der Waals surface area (Å²) in [5.74, 6) is -0.806. The zero-order valence-corrected chi connectivity index (χ0v) is 21.8. The van der Waals surface area contributed by atoms with Crippen molar-refractivity contribution in [1.82, 2.24) is 19.8 Å². The first kappa shape index (κ1) is 24.5. The van der Waals surface area contributed by atoms with E-state index in [-0.39, 0.29) is 48.3 Å². The first-order valence-corrected chi connectivity index (χ1v) is 13.2. The van der Waals surface area contributed by atoms with E-state index < -0.39 is 11.3 Å². The van der Waals surface area contributed by atoms with Gasteiger partial charge in [-0.15, -0.1) is 0 Å². The fourth-order valence-electron chi connectivity index (χ4n) is 6.16. The highest BCUT2D eigenvalue weighted by Crippen LogP contribution is 2.38. The molecular weight excluding hydrogens is 483 g/mol. The standard InChI is InChI=1S/C30H31FN4O3/c1-30(2,3)22(14-26(36)18-11-17-7-6-8-23(31)21(17)12-18)28(37)34-15-20-13-19(34)16-35(20)29(38)27-32-24-9-4-5-10-25(24)33-27/h4-11,19-20,22H,12-16H2,1-3H3,(H,32,33)/t19-,20-,22+/m0/s1. The fraction of sp³-hybridized carbons (Fsp3) is 0.400. The van der Waals surface area contributed by atoms with Crippen LogP contribution >= 0.6 is 0 Å². The van der Waals surface area contributed by atoms with Gasteiger partial charge in [0.1, 0.15) is 5.82 Å². The summed E-state index contributed by atoms with van der Waals surface area (Å²) in [4.78, 5) is 51.6. The van der Waals surface area contributed by atoms with E-state index in [4.69, 9.17) is 0 Å². The first-order chi connectivity index (χ1) is 18.1. The molecule has 0 radical (unpaired) electrons. The molecule has 7 nitrogen and oxygen atoms in total. The molecule has 1 aliphatic carbocycles. The number of fused-ring (bicyclic) bond motifs is 4. The lowest BCUT2D eigenvalue weighted by Crippen LogP contribution is -2.53. The Labute approximate surface area is 220 Å². The van der Waals surface area contributed by atoms with E-state index in [0.717, 1.165) is 23.0 Å². The Kier molecular flexibility index (Phi) is 5.74. The molecule has 3 atom stereocenters. The van der Waals surface area contributed by atoms with E-state index in [1.165, 1.54) is 6.07 Å². The summed E-state index contributed by atoms with van der Waals surface area (Å²) in [7, 11) is 0. The molecule has 0 unspecified atom stereocenters. The number of benzene rings is 2. The van der Waals surface area contributed by atoms with Crippen molar-refractivity contribution in [2.45, 2.75) is 52.1 Å². The van der Waals surface area contributed by atoms with Crippen molar-refractivity contribution < 1.29 is 18.8 Å². The van der Waals surface area contributed by atoms with E-state index in [9.17, 15) is 18.8 Å². The number of imidazole rings is 1. The molecular formula is C30H31FN4O3. The molecule has 3 heterocycles. The highest BCUT2D eigenvalue weighted by Gasteiger charge is 2.50. The van der Waals surface area contributed by atoms with Crippen LogP contribution in [0.1, 0.15) is 55.4 Å². The van der Waals surface area contributed by atoms with Gasteiger partial charge >= 0.3 is 0 Å². The van der Waals surface area contributed by atoms with E-state index in [2.05, 4.69) is 9.97 Å². The third-order valence-corrected chi connectivity index (χ3v) is 8.32. The van der Waals surface area contributed by atoms with Crippen LogP contribution in [0.5, 0.6) is 0 Å². The lowest BCUT2D eigenvalue weighted by atomic mass is 9.76. The largest absolute Gasteiger partial charge is 0.336 e. The number of amides is 2. The molecule has 38 heavy (non-hydrogen) atoms. The smallest absolute Gasteiger partial charge is 0.290 e. The highest BCUT2D eigenvalue weighted by atomic mass is 19.1. The number of hydrogen-bond acceptors (Lipinski definition) is 4. The number of hydrogen-bond donors (Lipinski definition) is 1. The number of halogens is 1. The number of nitrogens with one attached hydrogen (secondary N) is 1. The molecule has 8 heteroatoms. The van der Waals surface area contributed by atoms with Crippen LogP contribution in [0.15, 0.2) is 48.0 Å². The van der Waals surface area contributed by atoms with Gasteiger partial charge in [-0.3, -0.25) is 14.4 Å². The number of nitrogens with zero attached hydrogens (tertiary/aromatic N) is 3. The van der Waals surface area contributed by atoms with Crippen LogP contribution < -0.4 is 0 Å². The van der Waals surface area contributed by atoms with Gasteiger partial charge in [-0.05, 0) is 47.2 Å². The average molecular weight is 515 g/mol. The number of aromatic amines is 1. The highest BCUT2D eigenvalue weighted by molar-refractivity contribution is 6.03. The van der Waals surface area contributed by atoms with Crippen molar-refractivity contribution in [3.8, 4) is 0 Å². The van der Waals surface area contributed by atoms with Crippen molar-refractivity contribution >= 4 is 34.7 Å². The fourth-order valence-corrected chi connectivity index (χ4v) is 6.16. The van der Waals surface area contributed by atoms with Crippen molar-refractivity contribution in [2.75, 3.05) is 13.1 Å². The normalized spacial score (nSPS) is 21.1. The predicted molar refractivity (Wildman–Crippen MR) is 142 cm³/mol. The maximum absolute atomic E-state index is 14.2. The van der Waals surface area contributed by atoms with E-state index in [1.807, 2.05) is 60.9 Å². The van der Waals surface area contributed by atoms with Crippen molar-refractivity contribution in [2.24, 2.45) is 11.3 Å². The molecule has 2 aromatic carbocycles. The van der Waals surface area contributed by atoms with Gasteiger partial charge in [0.2, 0.25) is 5.91 Å². The SMILES string of the molecule is CC(C)(C)[C@H](CC(=O)C1=Cc2cccc(F)c2C1)C(=O)N1C[C@@H]2C[C@H]1CN2C(=O)c1nc2ccccc2[nH]1. The van der Waals surface area contributed by atoms with Gasteiger partial charge in [0.25, 0.3) is 5.91 Å². The quantitative estimate of drug-likeness (QED) is 0.547. The number of carbonyl (C=O) groups excluding carboxylic acids is 3. The average Bonchev–Trinajstić information content (AvgIpc) is 3.67. The Balaban J connectivity index is 1.15. The molecule has 3 aromatic rings. The second-order valence-electron chi connectivity index (χ2n) is 11.8. The number of likely N-dealkylation sites (tertiary alicyclic amines) is 2. The Hall–Kier alpha value is -3.81. The summed E-state index contributed by atoms with van der Waals surface area (Å²) in [6.45, 7) is 6.84. The van der Waals surface area contributed by atoms with E-state index in [1.54, 1.807) is 12.1 Å². The summed E-state index contributed by atoms with van der Waals surface area (Å²) in [5.41, 5.74) is 2.96. The number of para-hydroxylation sites is 2. The zero-order valence-electron chi connectivity index (χ0n) is 21.8. The Morgan fingerprint density at radius 3 is 2.47 bits per heavy atom. The monoisotopic (exact) mass is 514 g/mol. The summed E-state index contributed by atoms with van der Waals surface area (Å²) >= 11 is 0. The molecule has 2 amide bonds. The number of piperazine rings is 1. The molecule has 2 aliphatic heterocycles. The molecule has 0 spiro atoms. The molecule has 2 fully saturated rings. The molecule has 2 bridgehead atoms. The van der Waals surface area contributed by atoms with Gasteiger partial charge in [-0.25, -0.2) is 9.37 Å². The number of rotatable bonds is 5. The van der Waals surface area contributed by atoms with Gasteiger partial charge < -0.3 is 14.8 Å². The molecule has 0 saturated carbocycles. The third kappa shape index (κ3) is 4.12. The zero-order chi connectivity index (χ0) is 26.8. The minimum absolute atomic E-state index is 0.0449. The molecule has 6 rings (SSSR count). The first-order valence-electron chi connectivity index (χ1n) is 13.2. The van der Waals surface area contributed by atoms with E-state index in [0.29, 0.717) is 30.1 Å². The second-order valence-corrected chi connectivity index (χ2v) is 11.8. The van der Waals surface area contributed by atoms with E-state index >= 15 is 0 Å². The number of ketones is 1. The lowest BCUT2D eigenvalue weighted by molar-refractivity contribution is -0.143. The summed E-state index contributed by atoms with van der Waals surface area (Å²) < 4.78 is 14.2. The van der Waals surface area contributed by atoms with Crippen LogP contribution in [0.4, 0.5) is 4.39 Å². The van der Waals surface area contributed by atoms with Crippen LogP contribution in [-0.2, 0) is 16.0 Å². The number of H-pyrrole nitrogens is 1. The maximum Gasteiger partial charge on any atom is 0.290 e. The van der Waals surface area contributed by atoms with Crippen molar-refractivity contribution in [1.29, 1.82) is 0 Å². The summed E-state index contributed by atoms with van der Waals surface area (Å²) in [6, 6.07) is 12.2. The third-order valence-electron chi connectivity index (χ3n) is 8.32. The van der Waals surface area contributed by atoms with Crippen LogP contribution in [-0.4, -0.2) is 62.5 Å². The maximum atomic E-state index is 14.2. The molecule has 1 N–H and O–H groups in total. The Morgan fingerprint density at radius 2 is 1.79 bits per heavy atom. The molecule has 2 saturated heterocycles.